The maximum atomic E-state index is 4.83. The SMILES string of the molecule is Cc1ccccc1-c1nc(CSc2nnc(-c3csc4ccccc34)n2C)cs1. The molecule has 3 aromatic heterocycles. The van der Waals surface area contributed by atoms with Crippen LogP contribution in [0.1, 0.15) is 11.3 Å². The number of rotatable bonds is 5. The first-order chi connectivity index (χ1) is 14.2. The molecule has 0 unspecified atom stereocenters. The van der Waals surface area contributed by atoms with Crippen LogP contribution >= 0.6 is 34.4 Å². The van der Waals surface area contributed by atoms with Crippen LogP contribution in [0.15, 0.2) is 64.4 Å². The Morgan fingerprint density at radius 1 is 0.931 bits per heavy atom. The Morgan fingerprint density at radius 2 is 1.76 bits per heavy atom. The van der Waals surface area contributed by atoms with Crippen LogP contribution in [0.4, 0.5) is 0 Å². The summed E-state index contributed by atoms with van der Waals surface area (Å²) >= 11 is 5.11. The van der Waals surface area contributed by atoms with Gasteiger partial charge in [-0.3, -0.25) is 0 Å². The highest BCUT2D eigenvalue weighted by molar-refractivity contribution is 7.98. The predicted molar refractivity (Wildman–Crippen MR) is 124 cm³/mol. The average Bonchev–Trinajstić information content (AvgIpc) is 3.45. The van der Waals surface area contributed by atoms with E-state index in [2.05, 4.69) is 81.0 Å². The van der Waals surface area contributed by atoms with Gasteiger partial charge in [0.05, 0.1) is 5.69 Å². The fourth-order valence-electron chi connectivity index (χ4n) is 3.27. The van der Waals surface area contributed by atoms with Crippen molar-refractivity contribution in [2.45, 2.75) is 17.8 Å². The van der Waals surface area contributed by atoms with Gasteiger partial charge in [0.25, 0.3) is 0 Å². The van der Waals surface area contributed by atoms with E-state index in [4.69, 9.17) is 4.98 Å². The molecule has 0 spiro atoms. The summed E-state index contributed by atoms with van der Waals surface area (Å²) in [5, 5.41) is 16.4. The molecule has 0 atom stereocenters. The van der Waals surface area contributed by atoms with Gasteiger partial charge in [-0.2, -0.15) is 0 Å². The first kappa shape index (κ1) is 18.5. The zero-order chi connectivity index (χ0) is 19.8. The Bertz CT molecular complexity index is 1300. The van der Waals surface area contributed by atoms with Crippen molar-refractivity contribution in [1.29, 1.82) is 0 Å². The number of fused-ring (bicyclic) bond motifs is 1. The molecule has 0 radical (unpaired) electrons. The number of thiophene rings is 1. The van der Waals surface area contributed by atoms with E-state index in [0.29, 0.717) is 0 Å². The van der Waals surface area contributed by atoms with Gasteiger partial charge in [0.1, 0.15) is 5.01 Å². The minimum Gasteiger partial charge on any atom is -0.305 e. The summed E-state index contributed by atoms with van der Waals surface area (Å²) in [6, 6.07) is 16.8. The van der Waals surface area contributed by atoms with Crippen LogP contribution in [0.3, 0.4) is 0 Å². The monoisotopic (exact) mass is 434 g/mol. The van der Waals surface area contributed by atoms with Crippen molar-refractivity contribution >= 4 is 44.5 Å². The number of thioether (sulfide) groups is 1. The molecule has 5 rings (SSSR count). The number of hydrogen-bond acceptors (Lipinski definition) is 6. The molecule has 0 aliphatic heterocycles. The highest BCUT2D eigenvalue weighted by Crippen LogP contribution is 2.34. The quantitative estimate of drug-likeness (QED) is 0.299. The number of hydrogen-bond donors (Lipinski definition) is 0. The largest absolute Gasteiger partial charge is 0.305 e. The van der Waals surface area contributed by atoms with Crippen molar-refractivity contribution in [2.24, 2.45) is 7.05 Å². The zero-order valence-electron chi connectivity index (χ0n) is 16.0. The average molecular weight is 435 g/mol. The summed E-state index contributed by atoms with van der Waals surface area (Å²) in [4.78, 5) is 4.83. The summed E-state index contributed by atoms with van der Waals surface area (Å²) in [5.74, 6) is 1.68. The van der Waals surface area contributed by atoms with Crippen LogP contribution in [-0.4, -0.2) is 19.7 Å². The van der Waals surface area contributed by atoms with Crippen molar-refractivity contribution in [3.05, 3.63) is 70.5 Å². The van der Waals surface area contributed by atoms with E-state index in [9.17, 15) is 0 Å². The van der Waals surface area contributed by atoms with Gasteiger partial charge in [0, 0.05) is 44.8 Å². The fourth-order valence-corrected chi connectivity index (χ4v) is 6.03. The van der Waals surface area contributed by atoms with Gasteiger partial charge in [0.15, 0.2) is 11.0 Å². The molecule has 144 valence electrons. The van der Waals surface area contributed by atoms with E-state index in [1.165, 1.54) is 21.2 Å². The van der Waals surface area contributed by atoms with E-state index in [1.807, 2.05) is 7.05 Å². The normalized spacial score (nSPS) is 11.4. The lowest BCUT2D eigenvalue weighted by Gasteiger charge is -2.03. The highest BCUT2D eigenvalue weighted by atomic mass is 32.2. The van der Waals surface area contributed by atoms with Gasteiger partial charge < -0.3 is 4.57 Å². The van der Waals surface area contributed by atoms with Crippen LogP contribution in [0, 0.1) is 6.92 Å². The third kappa shape index (κ3) is 3.50. The molecular formula is C22H18N4S3. The molecule has 29 heavy (non-hydrogen) atoms. The Kier molecular flexibility index (Phi) is 4.95. The van der Waals surface area contributed by atoms with Gasteiger partial charge in [-0.15, -0.1) is 32.9 Å². The van der Waals surface area contributed by atoms with Crippen molar-refractivity contribution in [3.63, 3.8) is 0 Å². The molecule has 0 aliphatic rings. The van der Waals surface area contributed by atoms with Crippen molar-refractivity contribution in [2.75, 3.05) is 0 Å². The number of aromatic nitrogens is 4. The lowest BCUT2D eigenvalue weighted by atomic mass is 10.1. The molecule has 0 fully saturated rings. The minimum atomic E-state index is 0.777. The minimum absolute atomic E-state index is 0.777. The molecule has 0 aliphatic carbocycles. The summed E-state index contributed by atoms with van der Waals surface area (Å²) in [6.07, 6.45) is 0. The topological polar surface area (TPSA) is 43.6 Å². The highest BCUT2D eigenvalue weighted by Gasteiger charge is 2.16. The molecule has 7 heteroatoms. The molecule has 0 amide bonds. The molecule has 0 saturated carbocycles. The van der Waals surface area contributed by atoms with E-state index in [-0.39, 0.29) is 0 Å². The predicted octanol–water partition coefficient (Wildman–Crippen LogP) is 6.42. The third-order valence-corrected chi connectivity index (χ3v) is 7.77. The number of aryl methyl sites for hydroxylation is 1. The Morgan fingerprint density at radius 3 is 2.66 bits per heavy atom. The Balaban J connectivity index is 1.36. The van der Waals surface area contributed by atoms with Crippen LogP contribution in [0.25, 0.3) is 32.0 Å². The second-order valence-corrected chi connectivity index (χ2v) is 9.47. The van der Waals surface area contributed by atoms with E-state index < -0.39 is 0 Å². The van der Waals surface area contributed by atoms with Gasteiger partial charge in [-0.1, -0.05) is 54.2 Å². The maximum absolute atomic E-state index is 4.83. The molecule has 4 nitrogen and oxygen atoms in total. The maximum Gasteiger partial charge on any atom is 0.191 e. The number of thiazole rings is 1. The standard InChI is InChI=1S/C22H18N4S3/c1-14-7-3-4-8-16(14)21-23-15(11-28-21)12-29-22-25-24-20(26(22)2)18-13-27-19-10-6-5-9-17(18)19/h3-11,13H,12H2,1-2H3. The van der Waals surface area contributed by atoms with E-state index in [0.717, 1.165) is 33.0 Å². The number of nitrogens with zero attached hydrogens (tertiary/aromatic N) is 4. The smallest absolute Gasteiger partial charge is 0.191 e. The van der Waals surface area contributed by atoms with Crippen LogP contribution < -0.4 is 0 Å². The third-order valence-electron chi connectivity index (χ3n) is 4.83. The van der Waals surface area contributed by atoms with Crippen LogP contribution in [0.5, 0.6) is 0 Å². The molecule has 2 aromatic carbocycles. The lowest BCUT2D eigenvalue weighted by Crippen LogP contribution is -1.94. The van der Waals surface area contributed by atoms with Gasteiger partial charge >= 0.3 is 0 Å². The summed E-state index contributed by atoms with van der Waals surface area (Å²) in [5.41, 5.74) is 4.67. The van der Waals surface area contributed by atoms with Crippen molar-refractivity contribution in [1.82, 2.24) is 19.7 Å². The summed E-state index contributed by atoms with van der Waals surface area (Å²) in [6.45, 7) is 2.13. The van der Waals surface area contributed by atoms with Crippen LogP contribution in [0.2, 0.25) is 0 Å². The van der Waals surface area contributed by atoms with E-state index in [1.54, 1.807) is 34.4 Å². The molecule has 3 heterocycles. The molecular weight excluding hydrogens is 416 g/mol. The molecule has 5 aromatic rings. The second kappa shape index (κ2) is 7.74. The zero-order valence-corrected chi connectivity index (χ0v) is 18.4. The second-order valence-electron chi connectivity index (χ2n) is 6.76. The fraction of sp³-hybridized carbons (Fsp3) is 0.136. The summed E-state index contributed by atoms with van der Waals surface area (Å²) < 4.78 is 3.35. The molecule has 0 saturated heterocycles. The van der Waals surface area contributed by atoms with Crippen molar-refractivity contribution < 1.29 is 0 Å². The lowest BCUT2D eigenvalue weighted by molar-refractivity contribution is 0.794. The molecule has 0 bridgehead atoms. The van der Waals surface area contributed by atoms with Gasteiger partial charge in [-0.25, -0.2) is 4.98 Å². The van der Waals surface area contributed by atoms with Gasteiger partial charge in [-0.05, 0) is 18.6 Å². The molecule has 0 N–H and O–H groups in total. The Labute approximate surface area is 181 Å². The summed E-state index contributed by atoms with van der Waals surface area (Å²) in [7, 11) is 2.03. The van der Waals surface area contributed by atoms with E-state index >= 15 is 0 Å². The van der Waals surface area contributed by atoms with Crippen molar-refractivity contribution in [3.8, 4) is 22.0 Å². The first-order valence-electron chi connectivity index (χ1n) is 9.20. The number of benzene rings is 2. The first-order valence-corrected chi connectivity index (χ1v) is 11.9. The van der Waals surface area contributed by atoms with Gasteiger partial charge in [0.2, 0.25) is 0 Å². The van der Waals surface area contributed by atoms with Crippen LogP contribution in [-0.2, 0) is 12.8 Å². The Hall–Kier alpha value is -2.48.